The minimum absolute atomic E-state index is 0.540. The van der Waals surface area contributed by atoms with E-state index in [2.05, 4.69) is 17.2 Å². The largest absolute Gasteiger partial charge is 0.325 e. The van der Waals surface area contributed by atoms with Crippen LogP contribution in [-0.4, -0.2) is 9.78 Å². The van der Waals surface area contributed by atoms with Crippen LogP contribution < -0.4 is 5.73 Å². The number of hydrogen-bond acceptors (Lipinski definition) is 2. The van der Waals surface area contributed by atoms with Gasteiger partial charge in [0.2, 0.25) is 0 Å². The van der Waals surface area contributed by atoms with Gasteiger partial charge in [-0.1, -0.05) is 30.3 Å². The fraction of sp³-hybridized carbons (Fsp3) is 0.250. The van der Waals surface area contributed by atoms with Gasteiger partial charge in [0, 0.05) is 6.54 Å². The Bertz CT molecular complexity index is 431. The third-order valence-electron chi connectivity index (χ3n) is 2.53. The first-order valence-corrected chi connectivity index (χ1v) is 5.06. The summed E-state index contributed by atoms with van der Waals surface area (Å²) in [6.07, 6.45) is 1.87. The second-order valence-corrected chi connectivity index (χ2v) is 3.62. The van der Waals surface area contributed by atoms with Crippen molar-refractivity contribution in [3.05, 3.63) is 53.3 Å². The Morgan fingerprint density at radius 1 is 1.27 bits per heavy atom. The Balaban J connectivity index is 2.25. The monoisotopic (exact) mass is 201 g/mol. The predicted molar refractivity (Wildman–Crippen MR) is 60.4 cm³/mol. The average Bonchev–Trinajstić information content (AvgIpc) is 2.61. The number of benzene rings is 1. The molecule has 2 N–H and O–H groups in total. The van der Waals surface area contributed by atoms with Gasteiger partial charge in [-0.3, -0.25) is 4.68 Å². The molecule has 0 spiro atoms. The lowest BCUT2D eigenvalue weighted by Crippen LogP contribution is -2.10. The number of rotatable bonds is 3. The quantitative estimate of drug-likeness (QED) is 0.821. The Labute approximate surface area is 89.5 Å². The molecule has 15 heavy (non-hydrogen) atoms. The second kappa shape index (κ2) is 4.28. The Morgan fingerprint density at radius 3 is 2.67 bits per heavy atom. The van der Waals surface area contributed by atoms with Crippen LogP contribution in [0.1, 0.15) is 16.8 Å². The van der Waals surface area contributed by atoms with E-state index >= 15 is 0 Å². The summed E-state index contributed by atoms with van der Waals surface area (Å²) in [6.45, 7) is 3.37. The van der Waals surface area contributed by atoms with Gasteiger partial charge in [-0.05, 0) is 18.1 Å². The maximum atomic E-state index is 5.69. The number of nitrogens with zero attached hydrogens (tertiary/aromatic N) is 2. The highest BCUT2D eigenvalue weighted by Crippen LogP contribution is 2.09. The van der Waals surface area contributed by atoms with Crippen LogP contribution in [0.4, 0.5) is 0 Å². The smallest absolute Gasteiger partial charge is 0.0663 e. The topological polar surface area (TPSA) is 43.8 Å². The Morgan fingerprint density at radius 2 is 2.00 bits per heavy atom. The zero-order valence-corrected chi connectivity index (χ0v) is 8.85. The molecule has 3 heteroatoms. The van der Waals surface area contributed by atoms with Gasteiger partial charge >= 0.3 is 0 Å². The Hall–Kier alpha value is -1.61. The molecule has 0 unspecified atom stereocenters. The summed E-state index contributed by atoms with van der Waals surface area (Å²) in [5, 5.41) is 4.32. The molecule has 0 radical (unpaired) electrons. The van der Waals surface area contributed by atoms with E-state index < -0.39 is 0 Å². The molecule has 3 nitrogen and oxygen atoms in total. The van der Waals surface area contributed by atoms with Crippen molar-refractivity contribution in [2.24, 2.45) is 5.73 Å². The maximum Gasteiger partial charge on any atom is 0.0663 e. The lowest BCUT2D eigenvalue weighted by atomic mass is 10.2. The molecule has 1 heterocycles. The normalized spacial score (nSPS) is 10.5. The van der Waals surface area contributed by atoms with Crippen LogP contribution in [0.15, 0.2) is 36.5 Å². The first-order valence-electron chi connectivity index (χ1n) is 5.06. The molecule has 0 aliphatic heterocycles. The van der Waals surface area contributed by atoms with E-state index in [4.69, 9.17) is 5.73 Å². The van der Waals surface area contributed by atoms with Crippen LogP contribution in [0.3, 0.4) is 0 Å². The van der Waals surface area contributed by atoms with Crippen LogP contribution in [0.25, 0.3) is 0 Å². The molecule has 2 rings (SSSR count). The van der Waals surface area contributed by atoms with Gasteiger partial charge in [0.25, 0.3) is 0 Å². The second-order valence-electron chi connectivity index (χ2n) is 3.62. The summed E-state index contributed by atoms with van der Waals surface area (Å²) < 4.78 is 1.96. The number of aromatic nitrogens is 2. The summed E-state index contributed by atoms with van der Waals surface area (Å²) in [5.41, 5.74) is 9.21. The summed E-state index contributed by atoms with van der Waals surface area (Å²) >= 11 is 0. The van der Waals surface area contributed by atoms with Crippen molar-refractivity contribution in [1.82, 2.24) is 9.78 Å². The molecular formula is C12H15N3. The van der Waals surface area contributed by atoms with Gasteiger partial charge in [-0.15, -0.1) is 0 Å². The van der Waals surface area contributed by atoms with Gasteiger partial charge in [-0.2, -0.15) is 5.10 Å². The third kappa shape index (κ3) is 2.07. The van der Waals surface area contributed by atoms with Crippen molar-refractivity contribution in [3.8, 4) is 0 Å². The fourth-order valence-corrected chi connectivity index (χ4v) is 1.66. The highest BCUT2D eigenvalue weighted by Gasteiger charge is 2.05. The summed E-state index contributed by atoms with van der Waals surface area (Å²) in [4.78, 5) is 0. The molecule has 0 saturated carbocycles. The molecule has 0 amide bonds. The van der Waals surface area contributed by atoms with Crippen LogP contribution in [0, 0.1) is 6.92 Å². The fourth-order valence-electron chi connectivity index (χ4n) is 1.66. The first kappa shape index (κ1) is 9.93. The predicted octanol–water partition coefficient (Wildman–Crippen LogP) is 1.70. The molecule has 0 fully saturated rings. The van der Waals surface area contributed by atoms with Crippen LogP contribution >= 0.6 is 0 Å². The average molecular weight is 201 g/mol. The minimum Gasteiger partial charge on any atom is -0.325 e. The van der Waals surface area contributed by atoms with Crippen molar-refractivity contribution in [1.29, 1.82) is 0 Å². The van der Waals surface area contributed by atoms with E-state index in [-0.39, 0.29) is 0 Å². The van der Waals surface area contributed by atoms with E-state index in [0.29, 0.717) is 6.54 Å². The molecule has 0 aliphatic carbocycles. The molecule has 2 aromatic rings. The molecule has 1 aromatic heterocycles. The zero-order chi connectivity index (χ0) is 10.7. The van der Waals surface area contributed by atoms with Crippen molar-refractivity contribution >= 4 is 0 Å². The van der Waals surface area contributed by atoms with E-state index in [1.807, 2.05) is 36.0 Å². The highest BCUT2D eigenvalue weighted by molar-refractivity contribution is 5.19. The molecule has 0 atom stereocenters. The molecule has 0 aliphatic rings. The summed E-state index contributed by atoms with van der Waals surface area (Å²) in [6, 6.07) is 10.3. The SMILES string of the molecule is Cc1cnn(Cc2ccccc2)c1CN. The lowest BCUT2D eigenvalue weighted by Gasteiger charge is -2.06. The van der Waals surface area contributed by atoms with Gasteiger partial charge in [-0.25, -0.2) is 0 Å². The third-order valence-corrected chi connectivity index (χ3v) is 2.53. The standard InChI is InChI=1S/C12H15N3/c1-10-8-14-15(12(10)7-13)9-11-5-3-2-4-6-11/h2-6,8H,7,9,13H2,1H3. The van der Waals surface area contributed by atoms with E-state index in [0.717, 1.165) is 17.8 Å². The lowest BCUT2D eigenvalue weighted by molar-refractivity contribution is 0.644. The summed E-state index contributed by atoms with van der Waals surface area (Å²) in [7, 11) is 0. The number of aryl methyl sites for hydroxylation is 1. The van der Waals surface area contributed by atoms with Gasteiger partial charge in [0.15, 0.2) is 0 Å². The molecule has 0 saturated heterocycles. The van der Waals surface area contributed by atoms with Gasteiger partial charge in [0.1, 0.15) is 0 Å². The van der Waals surface area contributed by atoms with Crippen LogP contribution in [-0.2, 0) is 13.1 Å². The molecule has 1 aromatic carbocycles. The van der Waals surface area contributed by atoms with E-state index in [9.17, 15) is 0 Å². The highest BCUT2D eigenvalue weighted by atomic mass is 15.3. The van der Waals surface area contributed by atoms with Gasteiger partial charge in [0.05, 0.1) is 18.4 Å². The molecular weight excluding hydrogens is 186 g/mol. The van der Waals surface area contributed by atoms with Crippen LogP contribution in [0.2, 0.25) is 0 Å². The maximum absolute atomic E-state index is 5.69. The first-order chi connectivity index (χ1) is 7.31. The van der Waals surface area contributed by atoms with Crippen LogP contribution in [0.5, 0.6) is 0 Å². The molecule has 78 valence electrons. The number of hydrogen-bond donors (Lipinski definition) is 1. The minimum atomic E-state index is 0.540. The molecule has 0 bridgehead atoms. The van der Waals surface area contributed by atoms with E-state index in [1.165, 1.54) is 5.56 Å². The van der Waals surface area contributed by atoms with Crippen molar-refractivity contribution in [2.45, 2.75) is 20.0 Å². The summed E-state index contributed by atoms with van der Waals surface area (Å²) in [5.74, 6) is 0. The van der Waals surface area contributed by atoms with E-state index in [1.54, 1.807) is 0 Å². The number of nitrogens with two attached hydrogens (primary N) is 1. The van der Waals surface area contributed by atoms with Crippen molar-refractivity contribution < 1.29 is 0 Å². The Kier molecular flexibility index (Phi) is 2.83. The van der Waals surface area contributed by atoms with Gasteiger partial charge < -0.3 is 5.73 Å². The van der Waals surface area contributed by atoms with Crippen molar-refractivity contribution in [2.75, 3.05) is 0 Å². The zero-order valence-electron chi connectivity index (χ0n) is 8.85. The van der Waals surface area contributed by atoms with Crippen molar-refractivity contribution in [3.63, 3.8) is 0 Å².